The van der Waals surface area contributed by atoms with Gasteiger partial charge in [0.2, 0.25) is 11.9 Å². The maximum absolute atomic E-state index is 12.9. The number of halogens is 1. The van der Waals surface area contributed by atoms with E-state index in [0.29, 0.717) is 6.54 Å². The summed E-state index contributed by atoms with van der Waals surface area (Å²) in [5.41, 5.74) is 2.82. The topological polar surface area (TPSA) is 58.1 Å². The fourth-order valence-corrected chi connectivity index (χ4v) is 3.13. The van der Waals surface area contributed by atoms with E-state index in [2.05, 4.69) is 20.2 Å². The van der Waals surface area contributed by atoms with E-state index in [1.807, 2.05) is 19.9 Å². The summed E-state index contributed by atoms with van der Waals surface area (Å²) in [7, 11) is 0. The van der Waals surface area contributed by atoms with Gasteiger partial charge < -0.3 is 10.2 Å². The molecular formula is C19H23FN4O. The summed E-state index contributed by atoms with van der Waals surface area (Å²) in [5, 5.41) is 2.95. The summed E-state index contributed by atoms with van der Waals surface area (Å²) in [6.07, 6.45) is 1.57. The highest BCUT2D eigenvalue weighted by Crippen LogP contribution is 2.21. The van der Waals surface area contributed by atoms with Crippen LogP contribution in [-0.4, -0.2) is 29.0 Å². The lowest BCUT2D eigenvalue weighted by atomic mass is 9.96. The number of carbonyl (C=O) groups is 1. The predicted molar refractivity (Wildman–Crippen MR) is 94.7 cm³/mol. The molecule has 0 bridgehead atoms. The predicted octanol–water partition coefficient (Wildman–Crippen LogP) is 2.77. The zero-order valence-corrected chi connectivity index (χ0v) is 14.6. The standard InChI is InChI=1S/C19H23FN4O/c1-13-11-14(2)23-19(22-13)24-9-7-16(8-10-24)18(25)21-12-15-3-5-17(20)6-4-15/h3-6,11,16H,7-10,12H2,1-2H3,(H,21,25). The molecule has 1 saturated heterocycles. The zero-order chi connectivity index (χ0) is 17.8. The number of aromatic nitrogens is 2. The lowest BCUT2D eigenvalue weighted by molar-refractivity contribution is -0.125. The number of hydrogen-bond donors (Lipinski definition) is 1. The molecule has 2 aromatic rings. The van der Waals surface area contributed by atoms with Crippen LogP contribution in [0.5, 0.6) is 0 Å². The minimum atomic E-state index is -0.268. The Hall–Kier alpha value is -2.50. The summed E-state index contributed by atoms with van der Waals surface area (Å²) in [4.78, 5) is 23.5. The molecule has 5 nitrogen and oxygen atoms in total. The zero-order valence-electron chi connectivity index (χ0n) is 14.6. The molecule has 1 amide bonds. The normalized spacial score (nSPS) is 15.2. The molecule has 1 N–H and O–H groups in total. The van der Waals surface area contributed by atoms with Gasteiger partial charge in [-0.1, -0.05) is 12.1 Å². The van der Waals surface area contributed by atoms with E-state index in [0.717, 1.165) is 48.8 Å². The number of amides is 1. The Morgan fingerprint density at radius 2 is 1.76 bits per heavy atom. The number of nitrogens with one attached hydrogen (secondary N) is 1. The molecule has 0 radical (unpaired) electrons. The number of hydrogen-bond acceptors (Lipinski definition) is 4. The molecule has 0 unspecified atom stereocenters. The maximum Gasteiger partial charge on any atom is 0.225 e. The van der Waals surface area contributed by atoms with E-state index < -0.39 is 0 Å². The van der Waals surface area contributed by atoms with Gasteiger partial charge in [0.1, 0.15) is 5.82 Å². The van der Waals surface area contributed by atoms with Crippen LogP contribution in [0.25, 0.3) is 0 Å². The van der Waals surface area contributed by atoms with Crippen LogP contribution in [0.1, 0.15) is 29.8 Å². The molecule has 0 aliphatic carbocycles. The molecule has 1 aromatic heterocycles. The second-order valence-corrected chi connectivity index (χ2v) is 6.56. The fourth-order valence-electron chi connectivity index (χ4n) is 3.13. The van der Waals surface area contributed by atoms with Gasteiger partial charge in [0.25, 0.3) is 0 Å². The highest BCUT2D eigenvalue weighted by atomic mass is 19.1. The van der Waals surface area contributed by atoms with Gasteiger partial charge in [-0.15, -0.1) is 0 Å². The van der Waals surface area contributed by atoms with Gasteiger partial charge in [-0.25, -0.2) is 14.4 Å². The molecule has 25 heavy (non-hydrogen) atoms. The van der Waals surface area contributed by atoms with Crippen molar-refractivity contribution < 1.29 is 9.18 Å². The quantitative estimate of drug-likeness (QED) is 0.928. The summed E-state index contributed by atoms with van der Waals surface area (Å²) in [6.45, 7) is 5.91. The Bertz CT molecular complexity index is 719. The van der Waals surface area contributed by atoms with Crippen LogP contribution >= 0.6 is 0 Å². The average Bonchev–Trinajstić information content (AvgIpc) is 2.60. The van der Waals surface area contributed by atoms with Crippen LogP contribution in [0.15, 0.2) is 30.3 Å². The number of piperidine rings is 1. The Morgan fingerprint density at radius 3 is 2.36 bits per heavy atom. The fraction of sp³-hybridized carbons (Fsp3) is 0.421. The largest absolute Gasteiger partial charge is 0.352 e. The first-order valence-electron chi connectivity index (χ1n) is 8.60. The first-order valence-corrected chi connectivity index (χ1v) is 8.60. The lowest BCUT2D eigenvalue weighted by Gasteiger charge is -2.31. The lowest BCUT2D eigenvalue weighted by Crippen LogP contribution is -2.41. The highest BCUT2D eigenvalue weighted by molar-refractivity contribution is 5.78. The molecule has 0 saturated carbocycles. The average molecular weight is 342 g/mol. The van der Waals surface area contributed by atoms with Crippen LogP contribution in [0.4, 0.5) is 10.3 Å². The second-order valence-electron chi connectivity index (χ2n) is 6.56. The van der Waals surface area contributed by atoms with Crippen LogP contribution < -0.4 is 10.2 Å². The van der Waals surface area contributed by atoms with Crippen LogP contribution in [0.2, 0.25) is 0 Å². The molecule has 132 valence electrons. The van der Waals surface area contributed by atoms with Gasteiger partial charge in [-0.3, -0.25) is 4.79 Å². The van der Waals surface area contributed by atoms with Gasteiger partial charge in [0.15, 0.2) is 0 Å². The van der Waals surface area contributed by atoms with Crippen molar-refractivity contribution in [1.82, 2.24) is 15.3 Å². The molecule has 1 aliphatic rings. The summed E-state index contributed by atoms with van der Waals surface area (Å²) in [5.74, 6) is 0.548. The highest BCUT2D eigenvalue weighted by Gasteiger charge is 2.26. The van der Waals surface area contributed by atoms with Crippen molar-refractivity contribution >= 4 is 11.9 Å². The summed E-state index contributed by atoms with van der Waals surface area (Å²) in [6, 6.07) is 8.15. The minimum absolute atomic E-state index is 0.00241. The third-order valence-corrected chi connectivity index (χ3v) is 4.50. The van der Waals surface area contributed by atoms with E-state index >= 15 is 0 Å². The number of carbonyl (C=O) groups excluding carboxylic acids is 1. The first kappa shape index (κ1) is 17.3. The van der Waals surface area contributed by atoms with Crippen molar-refractivity contribution in [3.63, 3.8) is 0 Å². The van der Waals surface area contributed by atoms with Crippen molar-refractivity contribution in [1.29, 1.82) is 0 Å². The molecule has 1 fully saturated rings. The molecule has 6 heteroatoms. The van der Waals surface area contributed by atoms with Gasteiger partial charge in [-0.2, -0.15) is 0 Å². The smallest absolute Gasteiger partial charge is 0.225 e. The molecular weight excluding hydrogens is 319 g/mol. The van der Waals surface area contributed by atoms with E-state index in [-0.39, 0.29) is 17.6 Å². The second kappa shape index (κ2) is 7.59. The number of benzene rings is 1. The van der Waals surface area contributed by atoms with E-state index in [9.17, 15) is 9.18 Å². The third-order valence-electron chi connectivity index (χ3n) is 4.50. The van der Waals surface area contributed by atoms with Gasteiger partial charge in [0, 0.05) is 36.9 Å². The summed E-state index contributed by atoms with van der Waals surface area (Å²) < 4.78 is 12.9. The molecule has 1 aliphatic heterocycles. The maximum atomic E-state index is 12.9. The molecule has 0 spiro atoms. The number of nitrogens with zero attached hydrogens (tertiary/aromatic N) is 3. The Kier molecular flexibility index (Phi) is 5.26. The van der Waals surface area contributed by atoms with Crippen molar-refractivity contribution in [3.05, 3.63) is 53.1 Å². The summed E-state index contributed by atoms with van der Waals surface area (Å²) >= 11 is 0. The van der Waals surface area contributed by atoms with Gasteiger partial charge >= 0.3 is 0 Å². The number of aryl methyl sites for hydroxylation is 2. The third kappa shape index (κ3) is 4.53. The van der Waals surface area contributed by atoms with Gasteiger partial charge in [-0.05, 0) is 50.5 Å². The Labute approximate surface area is 147 Å². The van der Waals surface area contributed by atoms with Crippen LogP contribution in [-0.2, 0) is 11.3 Å². The van der Waals surface area contributed by atoms with Crippen molar-refractivity contribution in [2.45, 2.75) is 33.2 Å². The molecule has 1 aromatic carbocycles. The van der Waals surface area contributed by atoms with E-state index in [1.54, 1.807) is 12.1 Å². The van der Waals surface area contributed by atoms with E-state index in [1.165, 1.54) is 12.1 Å². The SMILES string of the molecule is Cc1cc(C)nc(N2CCC(C(=O)NCc3ccc(F)cc3)CC2)n1. The van der Waals surface area contributed by atoms with Gasteiger partial charge in [0.05, 0.1) is 0 Å². The Balaban J connectivity index is 1.51. The molecule has 3 rings (SSSR count). The first-order chi connectivity index (χ1) is 12.0. The molecule has 2 heterocycles. The number of rotatable bonds is 4. The number of anilines is 1. The van der Waals surface area contributed by atoms with Crippen LogP contribution in [0.3, 0.4) is 0 Å². The van der Waals surface area contributed by atoms with Crippen molar-refractivity contribution in [2.24, 2.45) is 5.92 Å². The van der Waals surface area contributed by atoms with Crippen molar-refractivity contribution in [3.8, 4) is 0 Å². The van der Waals surface area contributed by atoms with Crippen molar-refractivity contribution in [2.75, 3.05) is 18.0 Å². The van der Waals surface area contributed by atoms with Crippen LogP contribution in [0, 0.1) is 25.6 Å². The van der Waals surface area contributed by atoms with E-state index in [4.69, 9.17) is 0 Å². The monoisotopic (exact) mass is 342 g/mol. The molecule has 0 atom stereocenters. The Morgan fingerprint density at radius 1 is 1.16 bits per heavy atom. The minimum Gasteiger partial charge on any atom is -0.352 e.